The molecule has 48 heavy (non-hydrogen) atoms. The largest absolute Gasteiger partial charge is 0.494 e. The second kappa shape index (κ2) is 14.0. The predicted octanol–water partition coefficient (Wildman–Crippen LogP) is 5.12. The number of rotatable bonds is 10. The summed E-state index contributed by atoms with van der Waals surface area (Å²) in [6, 6.07) is 19.6. The number of halogens is 1. The first-order valence-corrected chi connectivity index (χ1v) is 17.2. The van der Waals surface area contributed by atoms with Gasteiger partial charge in [-0.05, 0) is 47.0 Å². The molecule has 1 aromatic heterocycles. The van der Waals surface area contributed by atoms with Crippen molar-refractivity contribution in [1.29, 1.82) is 0 Å². The predicted molar refractivity (Wildman–Crippen MR) is 183 cm³/mol. The number of amides is 1. The Labute approximate surface area is 278 Å². The summed E-state index contributed by atoms with van der Waals surface area (Å²) >= 11 is 0. The number of aromatic nitrogens is 2. The first-order chi connectivity index (χ1) is 23.1. The zero-order valence-corrected chi connectivity index (χ0v) is 27.4. The molecule has 0 bridgehead atoms. The van der Waals surface area contributed by atoms with Gasteiger partial charge in [0.25, 0.3) is 0 Å². The highest BCUT2D eigenvalue weighted by Gasteiger charge is 2.30. The van der Waals surface area contributed by atoms with Crippen LogP contribution in [0.25, 0.3) is 11.1 Å². The summed E-state index contributed by atoms with van der Waals surface area (Å²) in [5, 5.41) is 7.91. The first kappa shape index (κ1) is 32.9. The molecule has 4 aromatic rings. The molecule has 0 saturated carbocycles. The van der Waals surface area contributed by atoms with Crippen molar-refractivity contribution in [3.8, 4) is 16.9 Å². The normalized spacial score (nSPS) is 16.9. The fraction of sp³-hybridized carbons (Fsp3) is 0.265. The summed E-state index contributed by atoms with van der Waals surface area (Å²) in [6.07, 6.45) is 4.53. The number of piperazine rings is 1. The van der Waals surface area contributed by atoms with Crippen LogP contribution in [0.4, 0.5) is 33.1 Å². The third-order valence-electron chi connectivity index (χ3n) is 8.28. The SMILES string of the molecule is C=CC(=O)Nc1cc(Nc2cc(N3OCC[C@@H]3c3cccc(-c4cccc(F)c4)c3)ncn2)c(OC)cc1N1CCN(S(C)(=O)=O)CC1. The van der Waals surface area contributed by atoms with Crippen LogP contribution in [-0.2, 0) is 19.7 Å². The number of anilines is 5. The number of hydroxylamine groups is 1. The molecule has 0 radical (unpaired) electrons. The molecule has 12 nitrogen and oxygen atoms in total. The number of ether oxygens (including phenoxy) is 1. The summed E-state index contributed by atoms with van der Waals surface area (Å²) in [5.74, 6) is 0.780. The fourth-order valence-electron chi connectivity index (χ4n) is 5.91. The van der Waals surface area contributed by atoms with Crippen molar-refractivity contribution in [2.45, 2.75) is 12.5 Å². The Bertz CT molecular complexity index is 1930. The van der Waals surface area contributed by atoms with E-state index in [1.807, 2.05) is 35.2 Å². The van der Waals surface area contributed by atoms with Crippen LogP contribution in [0.5, 0.6) is 5.75 Å². The zero-order valence-electron chi connectivity index (χ0n) is 26.6. The summed E-state index contributed by atoms with van der Waals surface area (Å²) < 4.78 is 45.2. The highest BCUT2D eigenvalue weighted by atomic mass is 32.2. The van der Waals surface area contributed by atoms with E-state index in [2.05, 4.69) is 27.2 Å². The molecule has 2 aliphatic rings. The summed E-state index contributed by atoms with van der Waals surface area (Å²) in [5.41, 5.74) is 4.39. The van der Waals surface area contributed by atoms with Gasteiger partial charge < -0.3 is 20.3 Å². The number of nitrogens with zero attached hydrogens (tertiary/aromatic N) is 5. The molecular weight excluding hydrogens is 637 g/mol. The molecule has 250 valence electrons. The van der Waals surface area contributed by atoms with Gasteiger partial charge in [0, 0.05) is 44.7 Å². The third-order valence-corrected chi connectivity index (χ3v) is 9.59. The van der Waals surface area contributed by atoms with Gasteiger partial charge in [0.2, 0.25) is 15.9 Å². The summed E-state index contributed by atoms with van der Waals surface area (Å²) in [4.78, 5) is 29.4. The second-order valence-corrected chi connectivity index (χ2v) is 13.4. The summed E-state index contributed by atoms with van der Waals surface area (Å²) in [7, 11) is -1.77. The van der Waals surface area contributed by atoms with E-state index in [9.17, 15) is 17.6 Å². The molecule has 2 saturated heterocycles. The van der Waals surface area contributed by atoms with Crippen molar-refractivity contribution >= 4 is 44.6 Å². The van der Waals surface area contributed by atoms with Crippen molar-refractivity contribution < 1.29 is 27.2 Å². The van der Waals surface area contributed by atoms with Crippen LogP contribution < -0.4 is 25.3 Å². The quantitative estimate of drug-likeness (QED) is 0.219. The number of nitrogens with one attached hydrogen (secondary N) is 2. The van der Waals surface area contributed by atoms with Crippen molar-refractivity contribution in [2.75, 3.05) is 66.7 Å². The standard InChI is InChI=1S/C34H36FN7O5S/c1-4-34(43)39-27-19-28(31(46-2)20-30(27)40-12-14-41(15-13-40)48(3,44)45)38-32-21-33(37-22-36-32)42-29(11-16-47-42)25-9-5-7-23(17-25)24-8-6-10-26(35)18-24/h4-10,17-22,29H,1,11-16H2,2-3H3,(H,39,43)(H,36,37,38)/t29-/m1/s1. The monoisotopic (exact) mass is 673 g/mol. The van der Waals surface area contributed by atoms with Crippen LogP contribution in [0.2, 0.25) is 0 Å². The molecule has 0 spiro atoms. The Balaban J connectivity index is 1.26. The molecule has 1 amide bonds. The van der Waals surface area contributed by atoms with E-state index in [0.29, 0.717) is 67.2 Å². The first-order valence-electron chi connectivity index (χ1n) is 15.4. The van der Waals surface area contributed by atoms with E-state index < -0.39 is 15.9 Å². The van der Waals surface area contributed by atoms with E-state index in [-0.39, 0.29) is 11.9 Å². The number of methoxy groups -OCH3 is 1. The molecule has 2 fully saturated rings. The van der Waals surface area contributed by atoms with Crippen LogP contribution >= 0.6 is 0 Å². The van der Waals surface area contributed by atoms with E-state index >= 15 is 0 Å². The lowest BCUT2D eigenvalue weighted by Gasteiger charge is -2.36. The molecule has 1 atom stereocenters. The Morgan fingerprint density at radius 2 is 1.77 bits per heavy atom. The van der Waals surface area contributed by atoms with Gasteiger partial charge in [0.15, 0.2) is 5.82 Å². The van der Waals surface area contributed by atoms with Crippen molar-refractivity contribution in [1.82, 2.24) is 14.3 Å². The molecular formula is C34H36FN7O5S. The molecule has 3 aromatic carbocycles. The van der Waals surface area contributed by atoms with Gasteiger partial charge in [-0.1, -0.05) is 36.9 Å². The van der Waals surface area contributed by atoms with Gasteiger partial charge in [0.05, 0.1) is 43.1 Å². The molecule has 14 heteroatoms. The minimum atomic E-state index is -3.31. The lowest BCUT2D eigenvalue weighted by atomic mass is 9.98. The Morgan fingerprint density at radius 1 is 1.02 bits per heavy atom. The van der Waals surface area contributed by atoms with E-state index in [1.165, 1.54) is 35.1 Å². The average molecular weight is 674 g/mol. The van der Waals surface area contributed by atoms with Crippen LogP contribution in [0, 0.1) is 5.82 Å². The molecule has 3 heterocycles. The fourth-order valence-corrected chi connectivity index (χ4v) is 6.73. The molecule has 6 rings (SSSR count). The van der Waals surface area contributed by atoms with E-state index in [4.69, 9.17) is 9.57 Å². The zero-order chi connectivity index (χ0) is 33.8. The minimum Gasteiger partial charge on any atom is -0.494 e. The number of benzene rings is 3. The average Bonchev–Trinajstić information content (AvgIpc) is 3.59. The number of sulfonamides is 1. The van der Waals surface area contributed by atoms with Crippen LogP contribution in [0.3, 0.4) is 0 Å². The second-order valence-electron chi connectivity index (χ2n) is 11.4. The van der Waals surface area contributed by atoms with E-state index in [1.54, 1.807) is 36.4 Å². The van der Waals surface area contributed by atoms with Gasteiger partial charge in [-0.25, -0.2) is 27.8 Å². The van der Waals surface area contributed by atoms with E-state index in [0.717, 1.165) is 23.1 Å². The Hall–Kier alpha value is -5.05. The molecule has 0 unspecified atom stereocenters. The highest BCUT2D eigenvalue weighted by molar-refractivity contribution is 7.88. The van der Waals surface area contributed by atoms with Gasteiger partial charge in [-0.15, -0.1) is 0 Å². The summed E-state index contributed by atoms with van der Waals surface area (Å²) in [6.45, 7) is 5.54. The van der Waals surface area contributed by atoms with Crippen LogP contribution in [0.1, 0.15) is 18.0 Å². The molecule has 2 N–H and O–H groups in total. The van der Waals surface area contributed by atoms with Crippen molar-refractivity contribution in [2.24, 2.45) is 0 Å². The third kappa shape index (κ3) is 7.25. The number of carbonyl (C=O) groups is 1. The molecule has 2 aliphatic heterocycles. The topological polar surface area (TPSA) is 129 Å². The number of hydrogen-bond acceptors (Lipinski definition) is 10. The maximum atomic E-state index is 13.9. The highest BCUT2D eigenvalue weighted by Crippen LogP contribution is 2.40. The van der Waals surface area contributed by atoms with Gasteiger partial charge >= 0.3 is 0 Å². The lowest BCUT2D eigenvalue weighted by molar-refractivity contribution is -0.111. The lowest BCUT2D eigenvalue weighted by Crippen LogP contribution is -2.48. The number of hydrogen-bond donors (Lipinski definition) is 2. The van der Waals surface area contributed by atoms with Gasteiger partial charge in [-0.2, -0.15) is 4.31 Å². The van der Waals surface area contributed by atoms with Gasteiger partial charge in [0.1, 0.15) is 23.7 Å². The molecule has 0 aliphatic carbocycles. The Morgan fingerprint density at radius 3 is 2.48 bits per heavy atom. The van der Waals surface area contributed by atoms with Crippen molar-refractivity contribution in [3.05, 3.63) is 97.1 Å². The maximum Gasteiger partial charge on any atom is 0.247 e. The maximum absolute atomic E-state index is 13.9. The number of carbonyl (C=O) groups excluding carboxylic acids is 1. The minimum absolute atomic E-state index is 0.140. The Kier molecular flexibility index (Phi) is 9.57. The van der Waals surface area contributed by atoms with Crippen molar-refractivity contribution in [3.63, 3.8) is 0 Å². The smallest absolute Gasteiger partial charge is 0.247 e. The van der Waals surface area contributed by atoms with Crippen LogP contribution in [0.15, 0.2) is 85.7 Å². The van der Waals surface area contributed by atoms with Crippen LogP contribution in [-0.4, -0.2) is 74.7 Å². The van der Waals surface area contributed by atoms with Gasteiger partial charge in [-0.3, -0.25) is 9.63 Å².